The molecule has 152 valence electrons. The van der Waals surface area contributed by atoms with Gasteiger partial charge >= 0.3 is 0 Å². The molecule has 0 aliphatic heterocycles. The van der Waals surface area contributed by atoms with Crippen molar-refractivity contribution >= 4 is 17.5 Å². The molecule has 0 bridgehead atoms. The quantitative estimate of drug-likeness (QED) is 0.574. The number of rotatable bonds is 9. The first-order valence-corrected chi connectivity index (χ1v) is 9.50. The van der Waals surface area contributed by atoms with Crippen LogP contribution in [-0.4, -0.2) is 38.3 Å². The van der Waals surface area contributed by atoms with E-state index in [1.54, 1.807) is 23.0 Å². The van der Waals surface area contributed by atoms with E-state index in [0.717, 1.165) is 5.69 Å². The van der Waals surface area contributed by atoms with Gasteiger partial charge in [-0.1, -0.05) is 19.0 Å². The number of aromatic nitrogens is 4. The summed E-state index contributed by atoms with van der Waals surface area (Å²) < 4.78 is 6.87. The Labute approximate surface area is 168 Å². The van der Waals surface area contributed by atoms with Crippen LogP contribution in [-0.2, 0) is 16.0 Å². The van der Waals surface area contributed by atoms with Crippen molar-refractivity contribution in [2.45, 2.75) is 39.0 Å². The highest BCUT2D eigenvalue weighted by Gasteiger charge is 2.11. The molecule has 0 fully saturated rings. The van der Waals surface area contributed by atoms with Crippen LogP contribution in [0.25, 0.3) is 5.69 Å². The average Bonchev–Trinajstić information content (AvgIpc) is 3.39. The molecular formula is C20H24N6O3. The van der Waals surface area contributed by atoms with Gasteiger partial charge in [-0.3, -0.25) is 9.59 Å². The summed E-state index contributed by atoms with van der Waals surface area (Å²) in [6, 6.07) is 9.11. The van der Waals surface area contributed by atoms with E-state index in [0.29, 0.717) is 30.2 Å². The Hall–Kier alpha value is -3.49. The predicted octanol–water partition coefficient (Wildman–Crippen LogP) is 2.46. The molecular weight excluding hydrogens is 372 g/mol. The SMILES string of the molecule is CC(C)c1noc(CCCC(=O)NCC(=O)Nc2ccc(-n3cccn3)cc2)n1. The summed E-state index contributed by atoms with van der Waals surface area (Å²) in [6.07, 6.45) is 4.92. The highest BCUT2D eigenvalue weighted by Crippen LogP contribution is 2.13. The monoisotopic (exact) mass is 396 g/mol. The van der Waals surface area contributed by atoms with E-state index in [-0.39, 0.29) is 30.7 Å². The first-order valence-electron chi connectivity index (χ1n) is 9.50. The zero-order chi connectivity index (χ0) is 20.6. The topological polar surface area (TPSA) is 115 Å². The van der Waals surface area contributed by atoms with Crippen LogP contribution in [0.3, 0.4) is 0 Å². The molecule has 3 aromatic rings. The van der Waals surface area contributed by atoms with Crippen molar-refractivity contribution in [3.05, 3.63) is 54.4 Å². The van der Waals surface area contributed by atoms with Crippen LogP contribution >= 0.6 is 0 Å². The van der Waals surface area contributed by atoms with E-state index in [1.807, 2.05) is 38.2 Å². The molecule has 2 N–H and O–H groups in total. The maximum absolute atomic E-state index is 12.0. The number of benzene rings is 1. The van der Waals surface area contributed by atoms with E-state index in [9.17, 15) is 9.59 Å². The van der Waals surface area contributed by atoms with Crippen molar-refractivity contribution in [1.82, 2.24) is 25.2 Å². The number of nitrogens with zero attached hydrogens (tertiary/aromatic N) is 4. The van der Waals surface area contributed by atoms with Crippen LogP contribution in [0.5, 0.6) is 0 Å². The number of amides is 2. The minimum Gasteiger partial charge on any atom is -0.347 e. The highest BCUT2D eigenvalue weighted by atomic mass is 16.5. The number of aryl methyl sites for hydroxylation is 1. The zero-order valence-corrected chi connectivity index (χ0v) is 16.5. The van der Waals surface area contributed by atoms with Crippen molar-refractivity contribution in [3.8, 4) is 5.69 Å². The van der Waals surface area contributed by atoms with Crippen LogP contribution in [0.1, 0.15) is 44.3 Å². The van der Waals surface area contributed by atoms with Crippen molar-refractivity contribution in [3.63, 3.8) is 0 Å². The molecule has 0 spiro atoms. The van der Waals surface area contributed by atoms with Crippen LogP contribution in [0, 0.1) is 0 Å². The van der Waals surface area contributed by atoms with Gasteiger partial charge in [-0.25, -0.2) is 4.68 Å². The molecule has 0 aliphatic carbocycles. The normalized spacial score (nSPS) is 10.9. The van der Waals surface area contributed by atoms with Crippen molar-refractivity contribution in [1.29, 1.82) is 0 Å². The summed E-state index contributed by atoms with van der Waals surface area (Å²) in [7, 11) is 0. The smallest absolute Gasteiger partial charge is 0.243 e. The largest absolute Gasteiger partial charge is 0.347 e. The predicted molar refractivity (Wildman–Crippen MR) is 107 cm³/mol. The molecule has 2 amide bonds. The van der Waals surface area contributed by atoms with Crippen LogP contribution in [0.2, 0.25) is 0 Å². The van der Waals surface area contributed by atoms with Crippen LogP contribution in [0.15, 0.2) is 47.2 Å². The molecule has 0 saturated carbocycles. The molecule has 29 heavy (non-hydrogen) atoms. The molecule has 0 aliphatic rings. The van der Waals surface area contributed by atoms with Gasteiger partial charge in [0.2, 0.25) is 17.7 Å². The molecule has 2 heterocycles. The second-order valence-electron chi connectivity index (χ2n) is 6.88. The van der Waals surface area contributed by atoms with Crippen molar-refractivity contribution < 1.29 is 14.1 Å². The second kappa shape index (κ2) is 9.63. The Bertz CT molecular complexity index is 932. The van der Waals surface area contributed by atoms with E-state index in [4.69, 9.17) is 4.52 Å². The molecule has 1 aromatic carbocycles. The zero-order valence-electron chi connectivity index (χ0n) is 16.5. The van der Waals surface area contributed by atoms with E-state index < -0.39 is 0 Å². The standard InChI is InChI=1S/C20H24N6O3/c1-14(2)20-24-19(29-25-20)6-3-5-17(27)21-13-18(28)23-15-7-9-16(10-8-15)26-12-4-11-22-26/h4,7-12,14H,3,5-6,13H2,1-2H3,(H,21,27)(H,23,28). The molecule has 0 radical (unpaired) electrons. The highest BCUT2D eigenvalue weighted by molar-refractivity contribution is 5.94. The molecule has 9 heteroatoms. The van der Waals surface area contributed by atoms with E-state index >= 15 is 0 Å². The molecule has 9 nitrogen and oxygen atoms in total. The summed E-state index contributed by atoms with van der Waals surface area (Å²) in [5.41, 5.74) is 1.54. The second-order valence-corrected chi connectivity index (χ2v) is 6.88. The average molecular weight is 396 g/mol. The Morgan fingerprint density at radius 1 is 1.17 bits per heavy atom. The lowest BCUT2D eigenvalue weighted by Crippen LogP contribution is -2.32. The Morgan fingerprint density at radius 3 is 2.62 bits per heavy atom. The van der Waals surface area contributed by atoms with Gasteiger partial charge in [0.1, 0.15) is 0 Å². The number of hydrogen-bond donors (Lipinski definition) is 2. The first kappa shape index (κ1) is 20.2. The third-order valence-corrected chi connectivity index (χ3v) is 4.16. The van der Waals surface area contributed by atoms with Gasteiger partial charge in [0, 0.05) is 36.8 Å². The molecule has 2 aromatic heterocycles. The van der Waals surface area contributed by atoms with Gasteiger partial charge in [0.15, 0.2) is 5.82 Å². The van der Waals surface area contributed by atoms with Crippen molar-refractivity contribution in [2.24, 2.45) is 0 Å². The van der Waals surface area contributed by atoms with Gasteiger partial charge in [-0.2, -0.15) is 10.1 Å². The minimum absolute atomic E-state index is 0.0855. The van der Waals surface area contributed by atoms with Crippen molar-refractivity contribution in [2.75, 3.05) is 11.9 Å². The molecule has 3 rings (SSSR count). The Balaban J connectivity index is 1.35. The molecule has 0 atom stereocenters. The number of carbonyl (C=O) groups excluding carboxylic acids is 2. The summed E-state index contributed by atoms with van der Waals surface area (Å²) in [4.78, 5) is 28.2. The maximum atomic E-state index is 12.0. The fraction of sp³-hybridized carbons (Fsp3) is 0.350. The summed E-state index contributed by atoms with van der Waals surface area (Å²) in [5.74, 6) is 0.911. The number of anilines is 1. The summed E-state index contributed by atoms with van der Waals surface area (Å²) >= 11 is 0. The van der Waals surface area contributed by atoms with Gasteiger partial charge in [-0.15, -0.1) is 0 Å². The number of nitrogens with one attached hydrogen (secondary N) is 2. The van der Waals surface area contributed by atoms with E-state index in [1.165, 1.54) is 0 Å². The minimum atomic E-state index is -0.288. The fourth-order valence-electron chi connectivity index (χ4n) is 2.60. The third-order valence-electron chi connectivity index (χ3n) is 4.16. The molecule has 0 unspecified atom stereocenters. The number of carbonyl (C=O) groups is 2. The molecule has 0 saturated heterocycles. The van der Waals surface area contributed by atoms with Crippen LogP contribution < -0.4 is 10.6 Å². The lowest BCUT2D eigenvalue weighted by Gasteiger charge is -2.08. The lowest BCUT2D eigenvalue weighted by atomic mass is 10.2. The van der Waals surface area contributed by atoms with Gasteiger partial charge < -0.3 is 15.2 Å². The lowest BCUT2D eigenvalue weighted by molar-refractivity contribution is -0.124. The number of hydrogen-bond acceptors (Lipinski definition) is 6. The first-order chi connectivity index (χ1) is 14.0. The maximum Gasteiger partial charge on any atom is 0.243 e. The Morgan fingerprint density at radius 2 is 1.97 bits per heavy atom. The van der Waals surface area contributed by atoms with Gasteiger partial charge in [-0.05, 0) is 36.8 Å². The van der Waals surface area contributed by atoms with E-state index in [2.05, 4.69) is 25.9 Å². The van der Waals surface area contributed by atoms with Gasteiger partial charge in [0.05, 0.1) is 12.2 Å². The van der Waals surface area contributed by atoms with Crippen LogP contribution in [0.4, 0.5) is 5.69 Å². The fourth-order valence-corrected chi connectivity index (χ4v) is 2.60. The summed E-state index contributed by atoms with van der Waals surface area (Å²) in [6.45, 7) is 3.89. The summed E-state index contributed by atoms with van der Waals surface area (Å²) in [5, 5.41) is 13.4. The van der Waals surface area contributed by atoms with Gasteiger partial charge in [0.25, 0.3) is 0 Å². The Kier molecular flexibility index (Phi) is 6.72. The third kappa shape index (κ3) is 6.00.